The minimum Gasteiger partial charge on any atom is -1.00 e. The molecule has 0 fully saturated rings. The molecule has 0 bridgehead atoms. The first-order valence-electron chi connectivity index (χ1n) is 36.8. The Hall–Kier alpha value is -11.5. The van der Waals surface area contributed by atoms with Gasteiger partial charge in [0, 0.05) is 104 Å². The summed E-state index contributed by atoms with van der Waals surface area (Å²) in [5, 5.41) is 22.0. The predicted molar refractivity (Wildman–Crippen MR) is 447 cm³/mol. The van der Waals surface area contributed by atoms with Gasteiger partial charge in [0.1, 0.15) is 28.4 Å². The maximum absolute atomic E-state index is 14.3. The van der Waals surface area contributed by atoms with Gasteiger partial charge in [0.15, 0.2) is 51.7 Å². The molecule has 19 heteroatoms. The van der Waals surface area contributed by atoms with Crippen molar-refractivity contribution < 1.29 is 176 Å². The summed E-state index contributed by atoms with van der Waals surface area (Å²) >= 11 is 0. The normalized spacial score (nSPS) is 11.3. The molecule has 23 aromatic rings. The molecule has 0 aliphatic rings. The first-order valence-corrected chi connectivity index (χ1v) is 36.8. The third-order valence-electron chi connectivity index (χ3n) is 20.7. The van der Waals surface area contributed by atoms with Crippen molar-refractivity contribution in [3.05, 3.63) is 351 Å². The molecule has 0 saturated heterocycles. The number of halogens is 2. The summed E-state index contributed by atoms with van der Waals surface area (Å²) in [6.45, 7) is -0.181. The fourth-order valence-electron chi connectivity index (χ4n) is 15.6. The summed E-state index contributed by atoms with van der Waals surface area (Å²) in [6.07, 6.45) is 0. The molecule has 15 aromatic carbocycles. The first kappa shape index (κ1) is 75.8. The molecule has 0 amide bonds. The van der Waals surface area contributed by atoms with Gasteiger partial charge < -0.3 is 38.9 Å². The molecule has 0 aliphatic carbocycles. The van der Waals surface area contributed by atoms with E-state index in [0.717, 1.165) is 167 Å². The molecule has 0 aliphatic heterocycles. The molecule has 8 aromatic heterocycles. The van der Waals surface area contributed by atoms with E-state index >= 15 is 0 Å². The van der Waals surface area contributed by atoms with Crippen molar-refractivity contribution in [2.75, 3.05) is 0 Å². The molecule has 15 nitrogen and oxygen atoms in total. The number of carbonyl (C=O) groups is 1. The van der Waals surface area contributed by atoms with Gasteiger partial charge in [-0.2, -0.15) is 0 Å². The van der Waals surface area contributed by atoms with E-state index in [1.165, 1.54) is 21.5 Å². The van der Waals surface area contributed by atoms with Crippen LogP contribution in [0.25, 0.3) is 211 Å². The number of benzene rings is 15. The van der Waals surface area contributed by atoms with Crippen molar-refractivity contribution in [2.24, 2.45) is 0 Å². The SMILES string of the molecule is Fc1ccc(F)c(-c2nc(-c3ccccc3)nc(-c3ccccc3)n2)c1.O=CO[O-].[Cs+].[Cs+].[H-].c1ccc(-c2nc(-c3ccccc3)nc(-c3cc(-n4c5ccccc5c5ccc6c7ccccc7oc6c54)ccc3-n3c4ccccc4c4ccc5c6ccccc6oc5c43)n2)cc1.c1ccc2c(c1)[nH]c1c2ccc2c3ccccc3oc21. The Morgan fingerprint density at radius 1 is 0.336 bits per heavy atom. The van der Waals surface area contributed by atoms with Gasteiger partial charge in [-0.05, 0) is 91.0 Å². The van der Waals surface area contributed by atoms with Crippen LogP contribution in [0.4, 0.5) is 8.78 Å². The second kappa shape index (κ2) is 32.7. The van der Waals surface area contributed by atoms with Crippen molar-refractivity contribution in [3.8, 4) is 79.7 Å². The average molecular weight is 1750 g/mol. The molecule has 23 rings (SSSR count). The Morgan fingerprint density at radius 3 is 1.17 bits per heavy atom. The molecular weight excluding hydrogens is 1690 g/mol. The molecule has 0 saturated carbocycles. The van der Waals surface area contributed by atoms with E-state index in [1.54, 1.807) is 0 Å². The quantitative estimate of drug-likeness (QED) is 0.0818. The number of rotatable bonds is 9. The fraction of sp³-hybridized carbons (Fsp3) is 0. The van der Waals surface area contributed by atoms with Gasteiger partial charge in [0.25, 0.3) is 6.47 Å². The minimum atomic E-state index is -0.587. The summed E-state index contributed by atoms with van der Waals surface area (Å²) < 4.78 is 52.2. The van der Waals surface area contributed by atoms with Crippen LogP contribution in [0.15, 0.2) is 353 Å². The van der Waals surface area contributed by atoms with E-state index in [0.29, 0.717) is 29.1 Å². The van der Waals surface area contributed by atoms with Crippen LogP contribution in [0.3, 0.4) is 0 Å². The molecular formula is C97H59Cs2F2N9O6. The van der Waals surface area contributed by atoms with Crippen molar-refractivity contribution in [2.45, 2.75) is 0 Å². The number of H-pyrrole nitrogens is 1. The van der Waals surface area contributed by atoms with Crippen molar-refractivity contribution in [3.63, 3.8) is 0 Å². The number of nitrogens with one attached hydrogen (secondary N) is 1. The largest absolute Gasteiger partial charge is 1.00 e. The Balaban J connectivity index is 0.000000151. The van der Waals surface area contributed by atoms with E-state index in [4.69, 9.17) is 38.3 Å². The van der Waals surface area contributed by atoms with Gasteiger partial charge in [-0.15, -0.1) is 0 Å². The molecule has 1 N–H and O–H groups in total. The van der Waals surface area contributed by atoms with Gasteiger partial charge in [-0.1, -0.05) is 249 Å². The van der Waals surface area contributed by atoms with Crippen molar-refractivity contribution in [1.29, 1.82) is 0 Å². The Kier molecular flexibility index (Phi) is 21.4. The van der Waals surface area contributed by atoms with Crippen LogP contribution < -0.4 is 143 Å². The van der Waals surface area contributed by atoms with Crippen molar-refractivity contribution >= 4 is 138 Å². The minimum absolute atomic E-state index is 0. The number of aromatic amines is 1. The smallest absolute Gasteiger partial charge is 1.00 e. The Bertz CT molecular complexity index is 7490. The number of aromatic nitrogens is 9. The summed E-state index contributed by atoms with van der Waals surface area (Å²) in [5.74, 6) is 1.47. The number of para-hydroxylation sites is 6. The molecule has 8 heterocycles. The molecule has 0 atom stereocenters. The Morgan fingerprint density at radius 2 is 0.698 bits per heavy atom. The van der Waals surface area contributed by atoms with Crippen LogP contribution in [0.2, 0.25) is 0 Å². The van der Waals surface area contributed by atoms with Gasteiger partial charge in [-0.25, -0.2) is 38.7 Å². The zero-order valence-corrected chi connectivity index (χ0v) is 74.8. The number of carbonyl (C=O) groups excluding carboxylic acids is 1. The van der Waals surface area contributed by atoms with Gasteiger partial charge in [0.05, 0.1) is 38.8 Å². The van der Waals surface area contributed by atoms with E-state index in [9.17, 15) is 8.78 Å². The molecule has 116 heavy (non-hydrogen) atoms. The third-order valence-corrected chi connectivity index (χ3v) is 20.7. The number of hydrogen-bond donors (Lipinski definition) is 1. The second-order valence-corrected chi connectivity index (χ2v) is 27.3. The van der Waals surface area contributed by atoms with Gasteiger partial charge >= 0.3 is 138 Å². The van der Waals surface area contributed by atoms with Crippen LogP contribution in [-0.2, 0) is 9.68 Å². The van der Waals surface area contributed by atoms with E-state index < -0.39 is 11.6 Å². The Labute approximate surface area is 778 Å². The van der Waals surface area contributed by atoms with Crippen LogP contribution in [0.1, 0.15) is 1.43 Å². The first-order chi connectivity index (χ1) is 56.3. The van der Waals surface area contributed by atoms with E-state index in [-0.39, 0.29) is 157 Å². The van der Waals surface area contributed by atoms with Crippen LogP contribution >= 0.6 is 0 Å². The second-order valence-electron chi connectivity index (χ2n) is 27.3. The van der Waals surface area contributed by atoms with Crippen LogP contribution in [-0.4, -0.2) is 50.5 Å². The summed E-state index contributed by atoms with van der Waals surface area (Å²) in [7, 11) is 0. The zero-order valence-electron chi connectivity index (χ0n) is 63.2. The molecule has 0 radical (unpaired) electrons. The zero-order chi connectivity index (χ0) is 76.3. The standard InChI is InChI=1S/C57H33N5O2.C21H13F2N3.C18H11NO.CH2O3.2Cs.H/c1-3-15-34(16-4-1)55-58-56(35-17-5-2-6-18-35)60-57(59-55)45-33-36(61-46-23-11-7-19-37(46)41-28-30-43-39-21-9-13-25-49(39)63-53(43)51(41)61)27-32-48(45)62-47-24-12-8-20-38(47)42-29-31-44-40-22-10-14-26-50(40)64-54(44)52(42)62;22-16-11-12-18(23)17(13-16)21-25-19(14-7-3-1-4-8-14)24-20(26-21)15-9-5-2-6-10-15;1-3-7-15-11(5-1)13-9-10-14-12-6-2-4-8-16(12)20-18(14)17(13)19-15;2-1-4-3;;;/h1-33H;1-13H;1-10,19H;1,3H;;;/q;;;;2*+1;-1/p-1. The van der Waals surface area contributed by atoms with Gasteiger partial charge in [0.2, 0.25) is 0 Å². The van der Waals surface area contributed by atoms with Gasteiger partial charge in [-0.3, -0.25) is 4.79 Å². The number of hydrogen-bond acceptors (Lipinski definition) is 12. The molecule has 544 valence electrons. The summed E-state index contributed by atoms with van der Waals surface area (Å²) in [6, 6.07) is 112. The number of nitrogens with zero attached hydrogens (tertiary/aromatic N) is 8. The maximum Gasteiger partial charge on any atom is 1.00 e. The average Bonchev–Trinajstić information content (AvgIpc) is 1.56. The van der Waals surface area contributed by atoms with E-state index in [1.807, 2.05) is 170 Å². The number of fused-ring (bicyclic) bond motifs is 21. The van der Waals surface area contributed by atoms with E-state index in [2.05, 4.69) is 186 Å². The summed E-state index contributed by atoms with van der Waals surface area (Å²) in [4.78, 5) is 43.8. The maximum atomic E-state index is 14.3. The van der Waals surface area contributed by atoms with Crippen LogP contribution in [0, 0.1) is 11.6 Å². The fourth-order valence-corrected chi connectivity index (χ4v) is 15.6. The van der Waals surface area contributed by atoms with Crippen LogP contribution in [0.5, 0.6) is 0 Å². The predicted octanol–water partition coefficient (Wildman–Crippen LogP) is 17.8. The third kappa shape index (κ3) is 13.8. The molecule has 0 spiro atoms. The number of furan rings is 3. The molecule has 0 unspecified atom stereocenters. The van der Waals surface area contributed by atoms with Crippen molar-refractivity contribution in [1.82, 2.24) is 44.0 Å². The summed E-state index contributed by atoms with van der Waals surface area (Å²) in [5.41, 5.74) is 17.6. The topological polar surface area (TPSA) is 192 Å². The monoisotopic (exact) mass is 1750 g/mol.